The molecule has 2 N–H and O–H groups in total. The number of rotatable bonds is 5. The molecule has 0 aliphatic heterocycles. The third-order valence-electron chi connectivity index (χ3n) is 2.20. The van der Waals surface area contributed by atoms with E-state index in [-0.39, 0.29) is 5.97 Å². The molecule has 1 aromatic heterocycles. The Hall–Kier alpha value is -1.36. The summed E-state index contributed by atoms with van der Waals surface area (Å²) in [6, 6.07) is -0.609. The van der Waals surface area contributed by atoms with Crippen molar-refractivity contribution in [2.24, 2.45) is 5.73 Å². The molecule has 0 fully saturated rings. The van der Waals surface area contributed by atoms with Gasteiger partial charge in [-0.1, -0.05) is 6.92 Å². The van der Waals surface area contributed by atoms with Crippen LogP contribution in [-0.2, 0) is 22.5 Å². The largest absolute Gasteiger partial charge is 0.468 e. The molecule has 0 aliphatic rings. The quantitative estimate of drug-likeness (QED) is 0.713. The van der Waals surface area contributed by atoms with Gasteiger partial charge in [0.25, 0.3) is 0 Å². The van der Waals surface area contributed by atoms with Crippen LogP contribution in [0.15, 0.2) is 12.5 Å². The van der Waals surface area contributed by atoms with Crippen molar-refractivity contribution in [1.82, 2.24) is 9.55 Å². The molecule has 1 rings (SSSR count). The minimum Gasteiger partial charge on any atom is -0.468 e. The van der Waals surface area contributed by atoms with E-state index in [0.717, 1.165) is 18.7 Å². The maximum atomic E-state index is 11.1. The van der Waals surface area contributed by atoms with E-state index in [1.54, 1.807) is 12.5 Å². The van der Waals surface area contributed by atoms with Crippen LogP contribution in [0.3, 0.4) is 0 Å². The van der Waals surface area contributed by atoms with Gasteiger partial charge < -0.3 is 15.0 Å². The van der Waals surface area contributed by atoms with E-state index < -0.39 is 6.04 Å². The maximum Gasteiger partial charge on any atom is 0.323 e. The Kier molecular flexibility index (Phi) is 4.30. The predicted molar refractivity (Wildman–Crippen MR) is 56.2 cm³/mol. The third kappa shape index (κ3) is 3.06. The van der Waals surface area contributed by atoms with Crippen LogP contribution >= 0.6 is 0 Å². The Morgan fingerprint density at radius 1 is 1.73 bits per heavy atom. The van der Waals surface area contributed by atoms with Gasteiger partial charge in [-0.15, -0.1) is 0 Å². The van der Waals surface area contributed by atoms with Crippen molar-refractivity contribution in [2.45, 2.75) is 32.4 Å². The summed E-state index contributed by atoms with van der Waals surface area (Å²) < 4.78 is 6.57. The van der Waals surface area contributed by atoms with Gasteiger partial charge in [0, 0.05) is 24.9 Å². The number of imidazole rings is 1. The number of nitrogens with two attached hydrogens (primary N) is 1. The van der Waals surface area contributed by atoms with Crippen molar-refractivity contribution in [3.8, 4) is 0 Å². The van der Waals surface area contributed by atoms with Crippen molar-refractivity contribution < 1.29 is 9.53 Å². The molecule has 0 saturated carbocycles. The van der Waals surface area contributed by atoms with E-state index in [1.165, 1.54) is 7.11 Å². The Morgan fingerprint density at radius 2 is 2.47 bits per heavy atom. The van der Waals surface area contributed by atoms with Crippen LogP contribution in [0.2, 0.25) is 0 Å². The number of aromatic nitrogens is 2. The maximum absolute atomic E-state index is 11.1. The number of hydrogen-bond acceptors (Lipinski definition) is 4. The van der Waals surface area contributed by atoms with Gasteiger partial charge in [-0.25, -0.2) is 4.98 Å². The van der Waals surface area contributed by atoms with Crippen molar-refractivity contribution in [3.05, 3.63) is 18.2 Å². The molecule has 0 amide bonds. The third-order valence-corrected chi connectivity index (χ3v) is 2.20. The second-order valence-corrected chi connectivity index (χ2v) is 3.41. The second-order valence-electron chi connectivity index (χ2n) is 3.41. The lowest BCUT2D eigenvalue weighted by Crippen LogP contribution is -2.34. The Balaban J connectivity index is 2.63. The van der Waals surface area contributed by atoms with E-state index in [9.17, 15) is 4.79 Å². The normalized spacial score (nSPS) is 12.5. The molecule has 0 spiro atoms. The highest BCUT2D eigenvalue weighted by atomic mass is 16.5. The molecule has 1 atom stereocenters. The topological polar surface area (TPSA) is 70.1 Å². The Morgan fingerprint density at radius 3 is 3.07 bits per heavy atom. The summed E-state index contributed by atoms with van der Waals surface area (Å²) >= 11 is 0. The van der Waals surface area contributed by atoms with Crippen molar-refractivity contribution >= 4 is 5.97 Å². The average Bonchev–Trinajstić information content (AvgIpc) is 2.65. The molecule has 0 aliphatic carbocycles. The average molecular weight is 211 g/mol. The first-order valence-electron chi connectivity index (χ1n) is 5.01. The zero-order chi connectivity index (χ0) is 11.3. The summed E-state index contributed by atoms with van der Waals surface area (Å²) in [5.74, 6) is -0.390. The number of carbonyl (C=O) groups is 1. The van der Waals surface area contributed by atoms with Crippen LogP contribution < -0.4 is 5.73 Å². The number of ether oxygens (including phenoxy) is 1. The van der Waals surface area contributed by atoms with Gasteiger partial charge in [-0.05, 0) is 6.42 Å². The minimum absolute atomic E-state index is 0.390. The summed E-state index contributed by atoms with van der Waals surface area (Å²) in [5, 5.41) is 0. The number of esters is 1. The van der Waals surface area contributed by atoms with Crippen molar-refractivity contribution in [2.75, 3.05) is 7.11 Å². The number of aryl methyl sites for hydroxylation is 1. The highest BCUT2D eigenvalue weighted by Crippen LogP contribution is 2.04. The molecule has 0 bridgehead atoms. The summed E-state index contributed by atoms with van der Waals surface area (Å²) in [7, 11) is 1.34. The molecule has 0 aromatic carbocycles. The van der Waals surface area contributed by atoms with E-state index >= 15 is 0 Å². The summed E-state index contributed by atoms with van der Waals surface area (Å²) in [6.07, 6.45) is 4.98. The predicted octanol–water partition coefficient (Wildman–Crippen LogP) is 0.336. The lowest BCUT2D eigenvalue weighted by Gasteiger charge is -2.10. The van der Waals surface area contributed by atoms with Crippen molar-refractivity contribution in [3.63, 3.8) is 0 Å². The van der Waals surface area contributed by atoms with E-state index in [1.807, 2.05) is 4.57 Å². The molecule has 15 heavy (non-hydrogen) atoms. The van der Waals surface area contributed by atoms with E-state index in [0.29, 0.717) is 6.42 Å². The molecule has 5 heteroatoms. The molecule has 84 valence electrons. The molecule has 1 heterocycles. The highest BCUT2D eigenvalue weighted by molar-refractivity contribution is 5.75. The zero-order valence-corrected chi connectivity index (χ0v) is 9.14. The van der Waals surface area contributed by atoms with Crippen molar-refractivity contribution in [1.29, 1.82) is 0 Å². The van der Waals surface area contributed by atoms with Crippen LogP contribution in [0, 0.1) is 0 Å². The van der Waals surface area contributed by atoms with Crippen LogP contribution in [0.4, 0.5) is 0 Å². The summed E-state index contributed by atoms with van der Waals surface area (Å²) in [5.41, 5.74) is 6.64. The number of carbonyl (C=O) groups excluding carboxylic acids is 1. The molecule has 1 aromatic rings. The van der Waals surface area contributed by atoms with E-state index in [2.05, 4.69) is 16.6 Å². The molecular formula is C10H17N3O2. The standard InChI is InChI=1S/C10H17N3O2/c1-3-4-13-7-12-6-8(13)5-9(11)10(14)15-2/h6-7,9H,3-5,11H2,1-2H3. The van der Waals surface area contributed by atoms with Crippen LogP contribution in [0.1, 0.15) is 19.0 Å². The first-order valence-corrected chi connectivity index (χ1v) is 5.01. The van der Waals surface area contributed by atoms with Crippen LogP contribution in [-0.4, -0.2) is 28.7 Å². The van der Waals surface area contributed by atoms with E-state index in [4.69, 9.17) is 5.73 Å². The number of hydrogen-bond donors (Lipinski definition) is 1. The minimum atomic E-state index is -0.609. The van der Waals surface area contributed by atoms with Gasteiger partial charge in [-0.3, -0.25) is 4.79 Å². The number of methoxy groups -OCH3 is 1. The Labute approximate surface area is 89.2 Å². The highest BCUT2D eigenvalue weighted by Gasteiger charge is 2.16. The van der Waals surface area contributed by atoms with Gasteiger partial charge in [0.05, 0.1) is 13.4 Å². The van der Waals surface area contributed by atoms with Gasteiger partial charge in [0.2, 0.25) is 0 Å². The van der Waals surface area contributed by atoms with Gasteiger partial charge in [0.1, 0.15) is 6.04 Å². The van der Waals surface area contributed by atoms with Gasteiger partial charge >= 0.3 is 5.97 Å². The first-order chi connectivity index (χ1) is 7.19. The lowest BCUT2D eigenvalue weighted by molar-refractivity contribution is -0.142. The molecule has 1 unspecified atom stereocenters. The molecule has 0 saturated heterocycles. The molecule has 0 radical (unpaired) electrons. The lowest BCUT2D eigenvalue weighted by atomic mass is 10.2. The summed E-state index contributed by atoms with van der Waals surface area (Å²) in [6.45, 7) is 2.98. The Bertz CT molecular complexity index is 322. The number of nitrogens with zero attached hydrogens (tertiary/aromatic N) is 2. The van der Waals surface area contributed by atoms with Crippen LogP contribution in [0.25, 0.3) is 0 Å². The second kappa shape index (κ2) is 5.50. The smallest absolute Gasteiger partial charge is 0.323 e. The van der Waals surface area contributed by atoms with Gasteiger partial charge in [-0.2, -0.15) is 0 Å². The molecule has 5 nitrogen and oxygen atoms in total. The fraction of sp³-hybridized carbons (Fsp3) is 0.600. The van der Waals surface area contributed by atoms with Gasteiger partial charge in [0.15, 0.2) is 0 Å². The molecular weight excluding hydrogens is 194 g/mol. The summed E-state index contributed by atoms with van der Waals surface area (Å²) in [4.78, 5) is 15.2. The van der Waals surface area contributed by atoms with Crippen LogP contribution in [0.5, 0.6) is 0 Å². The monoisotopic (exact) mass is 211 g/mol. The fourth-order valence-electron chi connectivity index (χ4n) is 1.42. The first kappa shape index (κ1) is 11.7. The SMILES string of the molecule is CCCn1cncc1CC(N)C(=O)OC. The fourth-order valence-corrected chi connectivity index (χ4v) is 1.42. The zero-order valence-electron chi connectivity index (χ0n) is 9.14.